The Morgan fingerprint density at radius 3 is 2.08 bits per heavy atom. The van der Waals surface area contributed by atoms with E-state index in [1.807, 2.05) is 45.2 Å². The van der Waals surface area contributed by atoms with Crippen LogP contribution in [0.15, 0.2) is 36.4 Å². The van der Waals surface area contributed by atoms with Gasteiger partial charge in [-0.1, -0.05) is 12.1 Å². The van der Waals surface area contributed by atoms with Crippen molar-refractivity contribution < 1.29 is 32.5 Å². The molecular formula is C15H9F3I2O4. The zero-order valence-electron chi connectivity index (χ0n) is 11.7. The third-order valence-electron chi connectivity index (χ3n) is 2.79. The van der Waals surface area contributed by atoms with Crippen molar-refractivity contribution in [2.45, 2.75) is 13.0 Å². The van der Waals surface area contributed by atoms with Crippen molar-refractivity contribution in [1.82, 2.24) is 0 Å². The Kier molecular flexibility index (Phi) is 6.17. The minimum atomic E-state index is -4.73. The van der Waals surface area contributed by atoms with Crippen LogP contribution in [0.5, 0.6) is 11.5 Å². The van der Waals surface area contributed by atoms with Crippen LogP contribution in [0.1, 0.15) is 15.9 Å². The minimum Gasteiger partial charge on any atom is -0.487 e. The van der Waals surface area contributed by atoms with Crippen molar-refractivity contribution in [1.29, 1.82) is 0 Å². The number of carboxylic acids is 1. The van der Waals surface area contributed by atoms with E-state index in [-0.39, 0.29) is 17.9 Å². The molecule has 0 atom stereocenters. The maximum absolute atomic E-state index is 12.1. The molecule has 0 aliphatic heterocycles. The van der Waals surface area contributed by atoms with Crippen molar-refractivity contribution in [3.8, 4) is 11.5 Å². The van der Waals surface area contributed by atoms with E-state index in [0.717, 1.165) is 0 Å². The molecular weight excluding hydrogens is 555 g/mol. The second-order valence-corrected chi connectivity index (χ2v) is 6.88. The van der Waals surface area contributed by atoms with Crippen LogP contribution in [-0.2, 0) is 6.61 Å². The quantitative estimate of drug-likeness (QED) is 0.516. The molecule has 24 heavy (non-hydrogen) atoms. The van der Waals surface area contributed by atoms with E-state index < -0.39 is 12.3 Å². The average molecular weight is 564 g/mol. The highest BCUT2D eigenvalue weighted by atomic mass is 127. The van der Waals surface area contributed by atoms with Crippen LogP contribution in [-0.4, -0.2) is 17.4 Å². The first-order chi connectivity index (χ1) is 11.2. The number of alkyl halides is 3. The number of hydrogen-bond donors (Lipinski definition) is 1. The van der Waals surface area contributed by atoms with Gasteiger partial charge in [-0.15, -0.1) is 13.2 Å². The Balaban J connectivity index is 2.07. The summed E-state index contributed by atoms with van der Waals surface area (Å²) >= 11 is 3.94. The predicted molar refractivity (Wildman–Crippen MR) is 96.3 cm³/mol. The lowest BCUT2D eigenvalue weighted by Gasteiger charge is -2.12. The third kappa shape index (κ3) is 5.40. The molecule has 0 bridgehead atoms. The molecule has 2 rings (SSSR count). The Hall–Kier alpha value is -1.24. The van der Waals surface area contributed by atoms with E-state index in [0.29, 0.717) is 18.5 Å². The van der Waals surface area contributed by atoms with E-state index in [2.05, 4.69) is 4.74 Å². The summed E-state index contributed by atoms with van der Waals surface area (Å²) in [5.74, 6) is -0.810. The smallest absolute Gasteiger partial charge is 0.487 e. The lowest BCUT2D eigenvalue weighted by Crippen LogP contribution is -2.17. The molecule has 9 heteroatoms. The molecule has 0 heterocycles. The summed E-state index contributed by atoms with van der Waals surface area (Å²) in [7, 11) is 0. The molecule has 0 aliphatic rings. The summed E-state index contributed by atoms with van der Waals surface area (Å²) in [5, 5.41) is 9.00. The minimum absolute atomic E-state index is 0.130. The van der Waals surface area contributed by atoms with Crippen LogP contribution in [0, 0.1) is 7.14 Å². The summed E-state index contributed by atoms with van der Waals surface area (Å²) in [6.07, 6.45) is -4.73. The second kappa shape index (κ2) is 7.76. The number of aromatic carboxylic acids is 1. The summed E-state index contributed by atoms with van der Waals surface area (Å²) in [5.41, 5.74) is 0.809. The van der Waals surface area contributed by atoms with E-state index in [4.69, 9.17) is 9.84 Å². The largest absolute Gasteiger partial charge is 0.573 e. The molecule has 0 fully saturated rings. The van der Waals surface area contributed by atoms with E-state index in [1.54, 1.807) is 0 Å². The maximum Gasteiger partial charge on any atom is 0.573 e. The van der Waals surface area contributed by atoms with Crippen molar-refractivity contribution >= 4 is 51.2 Å². The number of carboxylic acid groups (broad SMARTS) is 1. The Morgan fingerprint density at radius 2 is 1.62 bits per heavy atom. The number of ether oxygens (including phenoxy) is 2. The number of halogens is 5. The molecule has 0 aliphatic carbocycles. The predicted octanol–water partition coefficient (Wildman–Crippen LogP) is 5.07. The fraction of sp³-hybridized carbons (Fsp3) is 0.133. The first-order valence-corrected chi connectivity index (χ1v) is 8.51. The van der Waals surface area contributed by atoms with Crippen LogP contribution in [0.4, 0.5) is 13.2 Å². The van der Waals surface area contributed by atoms with Gasteiger partial charge in [-0.2, -0.15) is 0 Å². The van der Waals surface area contributed by atoms with Gasteiger partial charge in [0.15, 0.2) is 0 Å². The summed E-state index contributed by atoms with van der Waals surface area (Å²) < 4.78 is 47.0. The van der Waals surface area contributed by atoms with Gasteiger partial charge in [0.2, 0.25) is 0 Å². The highest BCUT2D eigenvalue weighted by Gasteiger charge is 2.30. The molecule has 0 spiro atoms. The van der Waals surface area contributed by atoms with Crippen LogP contribution in [0.2, 0.25) is 0 Å². The van der Waals surface area contributed by atoms with Crippen molar-refractivity contribution in [3.05, 3.63) is 54.7 Å². The number of carbonyl (C=O) groups is 1. The first-order valence-electron chi connectivity index (χ1n) is 6.35. The van der Waals surface area contributed by atoms with Gasteiger partial charge in [-0.3, -0.25) is 0 Å². The number of benzene rings is 2. The molecule has 4 nitrogen and oxygen atoms in total. The van der Waals surface area contributed by atoms with E-state index in [1.165, 1.54) is 36.4 Å². The fourth-order valence-electron chi connectivity index (χ4n) is 1.76. The normalized spacial score (nSPS) is 11.2. The van der Waals surface area contributed by atoms with Crippen molar-refractivity contribution in [2.75, 3.05) is 0 Å². The van der Waals surface area contributed by atoms with Crippen LogP contribution in [0.25, 0.3) is 0 Å². The Labute approximate surface area is 162 Å². The van der Waals surface area contributed by atoms with Crippen LogP contribution in [0.3, 0.4) is 0 Å². The molecule has 1 N–H and O–H groups in total. The zero-order chi connectivity index (χ0) is 17.9. The van der Waals surface area contributed by atoms with Gasteiger partial charge in [-0.25, -0.2) is 4.79 Å². The molecule has 128 valence electrons. The van der Waals surface area contributed by atoms with Crippen molar-refractivity contribution in [2.24, 2.45) is 0 Å². The summed E-state index contributed by atoms with van der Waals surface area (Å²) in [6.45, 7) is 0.130. The lowest BCUT2D eigenvalue weighted by atomic mass is 10.2. The highest BCUT2D eigenvalue weighted by molar-refractivity contribution is 14.1. The van der Waals surface area contributed by atoms with Gasteiger partial charge in [-0.05, 0) is 75.0 Å². The van der Waals surface area contributed by atoms with Gasteiger partial charge >= 0.3 is 12.3 Å². The van der Waals surface area contributed by atoms with Gasteiger partial charge < -0.3 is 14.6 Å². The molecule has 0 saturated carbocycles. The molecule has 0 amide bonds. The molecule has 0 saturated heterocycles. The van der Waals surface area contributed by atoms with Gasteiger partial charge in [0, 0.05) is 0 Å². The van der Waals surface area contributed by atoms with Crippen LogP contribution < -0.4 is 9.47 Å². The summed E-state index contributed by atoms with van der Waals surface area (Å²) in [6, 6.07) is 8.31. The number of rotatable bonds is 5. The van der Waals surface area contributed by atoms with Gasteiger partial charge in [0.25, 0.3) is 0 Å². The highest BCUT2D eigenvalue weighted by Crippen LogP contribution is 2.30. The van der Waals surface area contributed by atoms with Gasteiger partial charge in [0.1, 0.15) is 18.1 Å². The molecule has 2 aromatic rings. The second-order valence-electron chi connectivity index (χ2n) is 4.55. The molecule has 0 radical (unpaired) electrons. The van der Waals surface area contributed by atoms with E-state index >= 15 is 0 Å². The van der Waals surface area contributed by atoms with Crippen LogP contribution >= 0.6 is 45.2 Å². The standard InChI is InChI=1S/C15H9F3I2O4/c16-15(17,18)24-10-3-1-8(2-4-10)7-23-13-11(19)5-9(14(21)22)6-12(13)20/h1-6H,7H2,(H,21,22). The Bertz CT molecular complexity index is 722. The van der Waals surface area contributed by atoms with Crippen molar-refractivity contribution in [3.63, 3.8) is 0 Å². The maximum atomic E-state index is 12.1. The SMILES string of the molecule is O=C(O)c1cc(I)c(OCc2ccc(OC(F)(F)F)cc2)c(I)c1. The molecule has 0 aromatic heterocycles. The van der Waals surface area contributed by atoms with Gasteiger partial charge in [0.05, 0.1) is 12.7 Å². The lowest BCUT2D eigenvalue weighted by molar-refractivity contribution is -0.274. The third-order valence-corrected chi connectivity index (χ3v) is 4.39. The zero-order valence-corrected chi connectivity index (χ0v) is 16.0. The first kappa shape index (κ1) is 19.1. The molecule has 2 aromatic carbocycles. The van der Waals surface area contributed by atoms with E-state index in [9.17, 15) is 18.0 Å². The monoisotopic (exact) mass is 564 g/mol. The topological polar surface area (TPSA) is 55.8 Å². The fourth-order valence-corrected chi connectivity index (χ4v) is 3.84. The average Bonchev–Trinajstić information content (AvgIpc) is 2.46. The Morgan fingerprint density at radius 1 is 1.08 bits per heavy atom. The summed E-state index contributed by atoms with van der Waals surface area (Å²) in [4.78, 5) is 11.0. The molecule has 0 unspecified atom stereocenters. The number of hydrogen-bond acceptors (Lipinski definition) is 3.